The molecule has 0 saturated heterocycles. The summed E-state index contributed by atoms with van der Waals surface area (Å²) < 4.78 is 9.08. The minimum atomic E-state index is 0.523. The second kappa shape index (κ2) is 5.81. The molecular formula is C12H17NOS. The van der Waals surface area contributed by atoms with Gasteiger partial charge in [0, 0.05) is 12.4 Å². The molecule has 15 heavy (non-hydrogen) atoms. The summed E-state index contributed by atoms with van der Waals surface area (Å²) in [6, 6.07) is 6.21. The van der Waals surface area contributed by atoms with E-state index >= 15 is 0 Å². The molecule has 1 aromatic rings. The average molecular weight is 223 g/mol. The molecule has 0 aliphatic heterocycles. The summed E-state index contributed by atoms with van der Waals surface area (Å²) in [5, 5.41) is 0. The van der Waals surface area contributed by atoms with Gasteiger partial charge in [0.1, 0.15) is 5.75 Å². The Hall–Kier alpha value is -0.960. The van der Waals surface area contributed by atoms with Crippen LogP contribution in [0, 0.1) is 0 Å². The SMILES string of the molecule is CCC(C)c1ccc(CN=S)cc1OC. The molecule has 0 heterocycles. The number of hydrogen-bond donors (Lipinski definition) is 0. The number of ether oxygens (including phenoxy) is 1. The second-order valence-corrected chi connectivity index (χ2v) is 3.93. The molecule has 3 heteroatoms. The van der Waals surface area contributed by atoms with Crippen LogP contribution in [0.25, 0.3) is 0 Å². The predicted octanol–water partition coefficient (Wildman–Crippen LogP) is 3.44. The van der Waals surface area contributed by atoms with Crippen LogP contribution < -0.4 is 4.74 Å². The number of hydrogen-bond acceptors (Lipinski definition) is 3. The normalized spacial score (nSPS) is 12.2. The molecule has 1 atom stereocenters. The first kappa shape index (κ1) is 12.1. The van der Waals surface area contributed by atoms with E-state index in [0.717, 1.165) is 17.7 Å². The Morgan fingerprint density at radius 2 is 2.20 bits per heavy atom. The summed E-state index contributed by atoms with van der Waals surface area (Å²) in [7, 11) is 1.70. The summed E-state index contributed by atoms with van der Waals surface area (Å²) in [5.74, 6) is 1.47. The van der Waals surface area contributed by atoms with Crippen LogP contribution in [0.15, 0.2) is 22.6 Å². The summed E-state index contributed by atoms with van der Waals surface area (Å²) in [5.41, 5.74) is 2.36. The Labute approximate surface area is 96.8 Å². The van der Waals surface area contributed by atoms with E-state index in [1.165, 1.54) is 5.56 Å². The summed E-state index contributed by atoms with van der Waals surface area (Å²) in [4.78, 5) is 0. The van der Waals surface area contributed by atoms with Gasteiger partial charge in [0.05, 0.1) is 13.7 Å². The summed E-state index contributed by atoms with van der Waals surface area (Å²) in [6.45, 7) is 4.96. The van der Waals surface area contributed by atoms with Crippen LogP contribution in [0.4, 0.5) is 0 Å². The Kier molecular flexibility index (Phi) is 4.69. The number of rotatable bonds is 5. The lowest BCUT2D eigenvalue weighted by Gasteiger charge is -2.14. The van der Waals surface area contributed by atoms with Crippen LogP contribution >= 0.6 is 0 Å². The Balaban J connectivity index is 3.02. The summed E-state index contributed by atoms with van der Waals surface area (Å²) >= 11 is 4.60. The van der Waals surface area contributed by atoms with Crippen molar-refractivity contribution >= 4 is 12.4 Å². The number of methoxy groups -OCH3 is 1. The van der Waals surface area contributed by atoms with Crippen molar-refractivity contribution in [3.8, 4) is 5.75 Å². The number of nitrogens with zero attached hydrogens (tertiary/aromatic N) is 1. The van der Waals surface area contributed by atoms with E-state index in [1.54, 1.807) is 7.11 Å². The molecule has 1 rings (SSSR count). The first-order valence-corrected chi connectivity index (χ1v) is 5.55. The molecule has 0 saturated carbocycles. The van der Waals surface area contributed by atoms with Gasteiger partial charge >= 0.3 is 0 Å². The highest BCUT2D eigenvalue weighted by Crippen LogP contribution is 2.29. The lowest BCUT2D eigenvalue weighted by Crippen LogP contribution is -1.97. The minimum Gasteiger partial charge on any atom is -0.496 e. The smallest absolute Gasteiger partial charge is 0.122 e. The Morgan fingerprint density at radius 1 is 1.47 bits per heavy atom. The molecule has 0 aliphatic rings. The monoisotopic (exact) mass is 223 g/mol. The van der Waals surface area contributed by atoms with Gasteiger partial charge in [-0.1, -0.05) is 26.0 Å². The fourth-order valence-electron chi connectivity index (χ4n) is 1.56. The standard InChI is InChI=1S/C12H17NOS/c1-4-9(2)11-6-5-10(8-13-15)7-12(11)14-3/h5-7,9H,4,8H2,1-3H3. The molecule has 2 nitrogen and oxygen atoms in total. The molecule has 0 spiro atoms. The molecule has 0 aliphatic carbocycles. The van der Waals surface area contributed by atoms with Gasteiger partial charge in [-0.3, -0.25) is 0 Å². The molecule has 1 aromatic carbocycles. The maximum absolute atomic E-state index is 5.38. The second-order valence-electron chi connectivity index (χ2n) is 3.67. The molecule has 0 aromatic heterocycles. The molecule has 0 fully saturated rings. The molecule has 1 unspecified atom stereocenters. The third kappa shape index (κ3) is 2.99. The average Bonchev–Trinajstić information content (AvgIpc) is 2.28. The first-order valence-electron chi connectivity index (χ1n) is 5.18. The van der Waals surface area contributed by atoms with E-state index < -0.39 is 0 Å². The van der Waals surface area contributed by atoms with E-state index in [0.29, 0.717) is 12.5 Å². The molecule has 0 N–H and O–H groups in total. The van der Waals surface area contributed by atoms with Gasteiger partial charge in [0.2, 0.25) is 0 Å². The lowest BCUT2D eigenvalue weighted by molar-refractivity contribution is 0.405. The van der Waals surface area contributed by atoms with Gasteiger partial charge in [-0.2, -0.15) is 0 Å². The highest BCUT2D eigenvalue weighted by atomic mass is 32.1. The predicted molar refractivity (Wildman–Crippen MR) is 65.2 cm³/mol. The number of benzene rings is 1. The highest BCUT2D eigenvalue weighted by molar-refractivity contribution is 7.47. The minimum absolute atomic E-state index is 0.523. The molecule has 0 radical (unpaired) electrons. The van der Waals surface area contributed by atoms with Crippen molar-refractivity contribution in [3.63, 3.8) is 0 Å². The van der Waals surface area contributed by atoms with Gasteiger partial charge < -0.3 is 4.74 Å². The Morgan fingerprint density at radius 3 is 2.73 bits per heavy atom. The third-order valence-corrected chi connectivity index (χ3v) is 2.82. The zero-order valence-corrected chi connectivity index (χ0v) is 10.3. The van der Waals surface area contributed by atoms with Crippen molar-refractivity contribution in [2.45, 2.75) is 32.7 Å². The van der Waals surface area contributed by atoms with Crippen molar-refractivity contribution < 1.29 is 4.74 Å². The quantitative estimate of drug-likeness (QED) is 0.762. The fourth-order valence-corrected chi connectivity index (χ4v) is 1.70. The van der Waals surface area contributed by atoms with Crippen molar-refractivity contribution in [1.82, 2.24) is 0 Å². The van der Waals surface area contributed by atoms with Crippen LogP contribution in [-0.4, -0.2) is 7.11 Å². The summed E-state index contributed by atoms with van der Waals surface area (Å²) in [6.07, 6.45) is 1.11. The van der Waals surface area contributed by atoms with Crippen molar-refractivity contribution in [2.75, 3.05) is 7.11 Å². The van der Waals surface area contributed by atoms with Crippen molar-refractivity contribution in [3.05, 3.63) is 29.3 Å². The van der Waals surface area contributed by atoms with Gasteiger partial charge in [0.25, 0.3) is 0 Å². The van der Waals surface area contributed by atoms with Crippen molar-refractivity contribution in [1.29, 1.82) is 0 Å². The Bertz CT molecular complexity index is 338. The lowest BCUT2D eigenvalue weighted by atomic mass is 9.96. The topological polar surface area (TPSA) is 21.6 Å². The first-order chi connectivity index (χ1) is 7.22. The molecule has 0 bridgehead atoms. The zero-order chi connectivity index (χ0) is 11.3. The molecule has 0 amide bonds. The zero-order valence-electron chi connectivity index (χ0n) is 9.49. The maximum Gasteiger partial charge on any atom is 0.122 e. The van der Waals surface area contributed by atoms with Gasteiger partial charge in [0.15, 0.2) is 0 Å². The molecule has 82 valence electrons. The van der Waals surface area contributed by atoms with Gasteiger partial charge in [-0.25, -0.2) is 4.36 Å². The third-order valence-electron chi connectivity index (χ3n) is 2.69. The molecular weight excluding hydrogens is 206 g/mol. The van der Waals surface area contributed by atoms with E-state index in [9.17, 15) is 0 Å². The van der Waals surface area contributed by atoms with Crippen LogP contribution in [0.2, 0.25) is 0 Å². The van der Waals surface area contributed by atoms with Crippen LogP contribution in [0.1, 0.15) is 37.3 Å². The van der Waals surface area contributed by atoms with Crippen molar-refractivity contribution in [2.24, 2.45) is 4.36 Å². The van der Waals surface area contributed by atoms with Crippen LogP contribution in [0.3, 0.4) is 0 Å². The van der Waals surface area contributed by atoms with E-state index in [-0.39, 0.29) is 0 Å². The highest BCUT2D eigenvalue weighted by Gasteiger charge is 2.09. The van der Waals surface area contributed by atoms with Crippen LogP contribution in [-0.2, 0) is 19.0 Å². The van der Waals surface area contributed by atoms with Gasteiger partial charge in [-0.05, 0) is 29.5 Å². The maximum atomic E-state index is 5.38. The fraction of sp³-hybridized carbons (Fsp3) is 0.500. The largest absolute Gasteiger partial charge is 0.496 e. The van der Waals surface area contributed by atoms with E-state index in [4.69, 9.17) is 4.74 Å². The van der Waals surface area contributed by atoms with E-state index in [1.807, 2.05) is 6.07 Å². The van der Waals surface area contributed by atoms with E-state index in [2.05, 4.69) is 42.8 Å². The van der Waals surface area contributed by atoms with Crippen LogP contribution in [0.5, 0.6) is 5.75 Å². The van der Waals surface area contributed by atoms with Gasteiger partial charge in [-0.15, -0.1) is 0 Å².